The quantitative estimate of drug-likeness (QED) is 0.262. The molecule has 1 saturated heterocycles. The molecule has 0 saturated carbocycles. The van der Waals surface area contributed by atoms with E-state index in [1.165, 1.54) is 42.6 Å². The molecular formula is C27H24FN5O5S2. The van der Waals surface area contributed by atoms with E-state index in [9.17, 15) is 27.5 Å². The maximum Gasteiger partial charge on any atom is 0.325 e. The maximum atomic E-state index is 13.7. The molecule has 0 atom stereocenters. The number of sulfone groups is 1. The molecule has 3 N–H and O–H groups in total. The second-order valence-electron chi connectivity index (χ2n) is 9.52. The van der Waals surface area contributed by atoms with Gasteiger partial charge < -0.3 is 15.7 Å². The van der Waals surface area contributed by atoms with Gasteiger partial charge in [-0.3, -0.25) is 9.69 Å². The number of nitrogens with one attached hydrogen (secondary N) is 2. The lowest BCUT2D eigenvalue weighted by atomic mass is 10.0. The fraction of sp³-hybridized carbons (Fsp3) is 0.185. The molecule has 3 amide bonds. The van der Waals surface area contributed by atoms with Crippen molar-refractivity contribution in [1.29, 1.82) is 0 Å². The van der Waals surface area contributed by atoms with Gasteiger partial charge >= 0.3 is 6.03 Å². The molecule has 206 valence electrons. The lowest BCUT2D eigenvalue weighted by Gasteiger charge is -2.16. The van der Waals surface area contributed by atoms with Crippen molar-refractivity contribution >= 4 is 39.1 Å². The predicted octanol–water partition coefficient (Wildman–Crippen LogP) is 4.29. The number of benzene rings is 2. The molecule has 1 aliphatic heterocycles. The van der Waals surface area contributed by atoms with Crippen LogP contribution in [0.15, 0.2) is 76.0 Å². The minimum Gasteiger partial charge on any atom is -0.508 e. The van der Waals surface area contributed by atoms with Gasteiger partial charge in [-0.15, -0.1) is 11.3 Å². The van der Waals surface area contributed by atoms with E-state index in [0.29, 0.717) is 21.7 Å². The second kappa shape index (κ2) is 10.3. The summed E-state index contributed by atoms with van der Waals surface area (Å²) in [6, 6.07) is 13.8. The van der Waals surface area contributed by atoms with Crippen molar-refractivity contribution in [3.8, 4) is 27.4 Å². The Morgan fingerprint density at radius 3 is 2.58 bits per heavy atom. The Labute approximate surface area is 233 Å². The highest BCUT2D eigenvalue weighted by molar-refractivity contribution is 7.93. The largest absolute Gasteiger partial charge is 0.508 e. The summed E-state index contributed by atoms with van der Waals surface area (Å²) in [6.07, 6.45) is 1.54. The molecule has 0 radical (unpaired) electrons. The van der Waals surface area contributed by atoms with Gasteiger partial charge in [0, 0.05) is 24.8 Å². The number of carbonyl (C=O) groups is 2. The summed E-state index contributed by atoms with van der Waals surface area (Å²) in [5.74, 6) is -0.784. The number of anilines is 1. The van der Waals surface area contributed by atoms with E-state index in [4.69, 9.17) is 0 Å². The average molecular weight is 582 g/mol. The lowest BCUT2D eigenvalue weighted by Crippen LogP contribution is -2.40. The van der Waals surface area contributed by atoms with Crippen molar-refractivity contribution in [1.82, 2.24) is 20.2 Å². The van der Waals surface area contributed by atoms with Crippen molar-refractivity contribution in [2.75, 3.05) is 18.4 Å². The van der Waals surface area contributed by atoms with Gasteiger partial charge in [-0.05, 0) is 61.9 Å². The molecule has 2 aromatic heterocycles. The second-order valence-corrected chi connectivity index (χ2v) is 12.8. The average Bonchev–Trinajstić information content (AvgIpc) is 3.48. The number of aromatic nitrogens is 2. The summed E-state index contributed by atoms with van der Waals surface area (Å²) < 4.78 is 40.1. The zero-order valence-corrected chi connectivity index (χ0v) is 23.0. The van der Waals surface area contributed by atoms with Crippen molar-refractivity contribution < 1.29 is 27.5 Å². The van der Waals surface area contributed by atoms with Crippen LogP contribution in [0.1, 0.15) is 13.8 Å². The van der Waals surface area contributed by atoms with Gasteiger partial charge in [0.05, 0.1) is 15.5 Å². The number of aromatic hydroxyl groups is 1. The number of phenols is 1. The molecule has 0 spiro atoms. The van der Waals surface area contributed by atoms with E-state index in [0.717, 1.165) is 22.3 Å². The van der Waals surface area contributed by atoms with Crippen LogP contribution < -0.4 is 10.6 Å². The number of hydrogen-bond donors (Lipinski definition) is 3. The number of carbonyl (C=O) groups excluding carboxylic acids is 2. The van der Waals surface area contributed by atoms with Crippen LogP contribution in [0.25, 0.3) is 21.7 Å². The highest BCUT2D eigenvalue weighted by Gasteiger charge is 2.43. The molecule has 1 aliphatic rings. The predicted molar refractivity (Wildman–Crippen MR) is 147 cm³/mol. The van der Waals surface area contributed by atoms with Crippen LogP contribution in [-0.2, 0) is 14.6 Å². The molecule has 2 aromatic carbocycles. The van der Waals surface area contributed by atoms with Gasteiger partial charge in [0.25, 0.3) is 5.91 Å². The molecule has 5 rings (SSSR count). The lowest BCUT2D eigenvalue weighted by molar-refractivity contribution is -0.130. The summed E-state index contributed by atoms with van der Waals surface area (Å²) >= 11 is 0.963. The third-order valence-corrected chi connectivity index (χ3v) is 9.53. The Morgan fingerprint density at radius 1 is 1.10 bits per heavy atom. The van der Waals surface area contributed by atoms with Crippen LogP contribution >= 0.6 is 11.3 Å². The van der Waals surface area contributed by atoms with E-state index >= 15 is 0 Å². The van der Waals surface area contributed by atoms with Crippen LogP contribution in [0.5, 0.6) is 5.75 Å². The van der Waals surface area contributed by atoms with E-state index in [-0.39, 0.29) is 39.8 Å². The van der Waals surface area contributed by atoms with Crippen molar-refractivity contribution in [3.05, 3.63) is 72.7 Å². The normalized spacial score (nSPS) is 14.8. The maximum absolute atomic E-state index is 13.7. The smallest absolute Gasteiger partial charge is 0.325 e. The Hall–Kier alpha value is -4.36. The highest BCUT2D eigenvalue weighted by Crippen LogP contribution is 2.38. The van der Waals surface area contributed by atoms with Crippen LogP contribution in [0.3, 0.4) is 0 Å². The number of urea groups is 1. The number of phenolic OH excluding ortho intramolecular Hbond substituents is 1. The third-order valence-electron chi connectivity index (χ3n) is 6.19. The standard InChI is InChI=1S/C27H24FN5O5S2/c1-27(2)24(35)33(26(36)32-27)12-11-29-25-30-15-20(16-5-3-7-18(34)13-16)23(31-25)21-9-10-22(39-21)40(37,38)19-8-4-6-17(28)14-19/h3-10,13-15,34H,11-12H2,1-2H3,(H,32,36)(H,29,30,31). The van der Waals surface area contributed by atoms with E-state index < -0.39 is 27.2 Å². The molecule has 0 bridgehead atoms. The molecule has 0 aliphatic carbocycles. The van der Waals surface area contributed by atoms with Crippen molar-refractivity contribution in [2.45, 2.75) is 28.5 Å². The Bertz CT molecular complexity index is 1740. The van der Waals surface area contributed by atoms with Crippen molar-refractivity contribution in [2.24, 2.45) is 0 Å². The van der Waals surface area contributed by atoms with E-state index in [2.05, 4.69) is 20.6 Å². The van der Waals surface area contributed by atoms with Gasteiger partial charge in [-0.1, -0.05) is 18.2 Å². The summed E-state index contributed by atoms with van der Waals surface area (Å²) in [5, 5.41) is 15.7. The van der Waals surface area contributed by atoms with Gasteiger partial charge in [-0.2, -0.15) is 0 Å². The SMILES string of the molecule is CC1(C)NC(=O)N(CCNc2ncc(-c3cccc(O)c3)c(-c3ccc(S(=O)(=O)c4cccc(F)c4)s3)n2)C1=O. The van der Waals surface area contributed by atoms with Gasteiger partial charge in [0.1, 0.15) is 21.3 Å². The Morgan fingerprint density at radius 2 is 1.88 bits per heavy atom. The first kappa shape index (κ1) is 27.2. The molecule has 0 unspecified atom stereocenters. The summed E-state index contributed by atoms with van der Waals surface area (Å²) in [7, 11) is -3.98. The minimum atomic E-state index is -3.98. The Balaban J connectivity index is 1.47. The van der Waals surface area contributed by atoms with Crippen LogP contribution in [-0.4, -0.2) is 59.0 Å². The number of imide groups is 1. The van der Waals surface area contributed by atoms with Gasteiger partial charge in [0.2, 0.25) is 15.8 Å². The molecule has 1 fully saturated rings. The third kappa shape index (κ3) is 5.25. The molecule has 3 heterocycles. The molecule has 10 nitrogen and oxygen atoms in total. The van der Waals surface area contributed by atoms with E-state index in [1.807, 2.05) is 0 Å². The van der Waals surface area contributed by atoms with Crippen molar-refractivity contribution in [3.63, 3.8) is 0 Å². The molecule has 4 aromatic rings. The number of hydrogen-bond acceptors (Lipinski definition) is 9. The molecular weight excluding hydrogens is 557 g/mol. The zero-order chi connectivity index (χ0) is 28.7. The highest BCUT2D eigenvalue weighted by atomic mass is 32.2. The number of amides is 3. The first-order chi connectivity index (χ1) is 19.0. The number of thiophene rings is 1. The zero-order valence-electron chi connectivity index (χ0n) is 21.4. The fourth-order valence-electron chi connectivity index (χ4n) is 4.18. The first-order valence-electron chi connectivity index (χ1n) is 12.1. The molecule has 40 heavy (non-hydrogen) atoms. The summed E-state index contributed by atoms with van der Waals surface area (Å²) in [6.45, 7) is 3.50. The monoisotopic (exact) mass is 581 g/mol. The van der Waals surface area contributed by atoms with E-state index in [1.54, 1.807) is 32.0 Å². The van der Waals surface area contributed by atoms with Crippen LogP contribution in [0.4, 0.5) is 15.1 Å². The topological polar surface area (TPSA) is 142 Å². The fourth-order valence-corrected chi connectivity index (χ4v) is 6.93. The number of rotatable bonds is 8. The van der Waals surface area contributed by atoms with Gasteiger partial charge in [-0.25, -0.2) is 27.6 Å². The number of halogens is 1. The van der Waals surface area contributed by atoms with Crippen LogP contribution in [0.2, 0.25) is 0 Å². The summed E-state index contributed by atoms with van der Waals surface area (Å²) in [5.41, 5.74) is 0.552. The van der Waals surface area contributed by atoms with Crippen LogP contribution in [0, 0.1) is 5.82 Å². The first-order valence-corrected chi connectivity index (χ1v) is 14.4. The summed E-state index contributed by atoms with van der Waals surface area (Å²) in [4.78, 5) is 35.0. The minimum absolute atomic E-state index is 0.00394. The Kier molecular flexibility index (Phi) is 7.02. The number of nitrogens with zero attached hydrogens (tertiary/aromatic N) is 3. The molecule has 13 heteroatoms. The van der Waals surface area contributed by atoms with Gasteiger partial charge in [0.15, 0.2) is 0 Å².